The number of para-hydroxylation sites is 1. The zero-order valence-electron chi connectivity index (χ0n) is 22.6. The van der Waals surface area contributed by atoms with Crippen LogP contribution in [0.1, 0.15) is 5.56 Å². The molecular formula is C31H34N6O3. The number of aliphatic hydroxyl groups excluding tert-OH is 1. The van der Waals surface area contributed by atoms with E-state index in [4.69, 9.17) is 9.72 Å². The molecule has 0 atom stereocenters. The van der Waals surface area contributed by atoms with E-state index in [1.807, 2.05) is 54.6 Å². The molecule has 0 saturated carbocycles. The number of fused-ring (bicyclic) bond motifs is 1. The third-order valence-corrected chi connectivity index (χ3v) is 7.09. The molecule has 1 fully saturated rings. The van der Waals surface area contributed by atoms with Gasteiger partial charge < -0.3 is 25.4 Å². The van der Waals surface area contributed by atoms with Crippen molar-refractivity contribution in [1.29, 1.82) is 0 Å². The number of hydrogen-bond acceptors (Lipinski definition) is 8. The topological polar surface area (TPSA) is 103 Å². The third kappa shape index (κ3) is 6.28. The number of methoxy groups -OCH3 is 1. The second-order valence-electron chi connectivity index (χ2n) is 9.66. The molecule has 1 aliphatic heterocycles. The SMILES string of the molecule is C=CC(=O)Nc1cccc(-c2cccc3cnc(Nc4ccc(N5CCN(CCOC)CC5)cc4CO)nc23)c1. The van der Waals surface area contributed by atoms with Gasteiger partial charge in [-0.05, 0) is 42.0 Å². The van der Waals surface area contributed by atoms with Gasteiger partial charge in [-0.3, -0.25) is 9.69 Å². The molecule has 1 amide bonds. The number of piperazine rings is 1. The van der Waals surface area contributed by atoms with Gasteiger partial charge in [0.2, 0.25) is 11.9 Å². The van der Waals surface area contributed by atoms with Gasteiger partial charge in [-0.25, -0.2) is 9.97 Å². The van der Waals surface area contributed by atoms with Crippen molar-refractivity contribution >= 4 is 39.8 Å². The molecule has 1 aromatic heterocycles. The van der Waals surface area contributed by atoms with Gasteiger partial charge in [-0.1, -0.05) is 36.9 Å². The Hall–Kier alpha value is -4.31. The van der Waals surface area contributed by atoms with E-state index in [1.54, 1.807) is 13.3 Å². The number of aliphatic hydroxyl groups is 1. The molecule has 0 radical (unpaired) electrons. The van der Waals surface area contributed by atoms with E-state index in [-0.39, 0.29) is 12.5 Å². The van der Waals surface area contributed by atoms with Crippen molar-refractivity contribution in [3.05, 3.63) is 85.1 Å². The van der Waals surface area contributed by atoms with Crippen LogP contribution in [0.3, 0.4) is 0 Å². The standard InChI is InChI=1S/C31H34N6O3/c1-3-29(39)33-25-8-4-6-22(18-25)27-9-5-7-23-20-32-31(35-30(23)27)34-28-11-10-26(19-24(28)21-38)37-14-12-36(13-15-37)16-17-40-2/h3-11,18-20,38H,1,12-17,21H2,2H3,(H,33,39)(H,32,34,35). The Morgan fingerprint density at radius 1 is 1.10 bits per heavy atom. The minimum atomic E-state index is -0.265. The van der Waals surface area contributed by atoms with Crippen molar-refractivity contribution in [2.24, 2.45) is 0 Å². The quantitative estimate of drug-likeness (QED) is 0.255. The van der Waals surface area contributed by atoms with Crippen LogP contribution < -0.4 is 15.5 Å². The zero-order valence-corrected chi connectivity index (χ0v) is 22.6. The van der Waals surface area contributed by atoms with Gasteiger partial charge in [0.25, 0.3) is 0 Å². The van der Waals surface area contributed by atoms with Gasteiger partial charge in [-0.15, -0.1) is 0 Å². The van der Waals surface area contributed by atoms with Crippen molar-refractivity contribution in [3.8, 4) is 11.1 Å². The number of carbonyl (C=O) groups is 1. The summed E-state index contributed by atoms with van der Waals surface area (Å²) in [6, 6.07) is 19.6. The predicted molar refractivity (Wildman–Crippen MR) is 160 cm³/mol. The fourth-order valence-corrected chi connectivity index (χ4v) is 4.91. The fourth-order valence-electron chi connectivity index (χ4n) is 4.91. The highest BCUT2D eigenvalue weighted by molar-refractivity contribution is 6.00. The maximum absolute atomic E-state index is 11.8. The number of amides is 1. The summed E-state index contributed by atoms with van der Waals surface area (Å²) in [6.07, 6.45) is 3.03. The molecule has 0 spiro atoms. The highest BCUT2D eigenvalue weighted by Gasteiger charge is 2.18. The van der Waals surface area contributed by atoms with Crippen LogP contribution in [0.4, 0.5) is 23.0 Å². The predicted octanol–water partition coefficient (Wildman–Crippen LogP) is 4.43. The Balaban J connectivity index is 1.37. The Bertz CT molecular complexity index is 1500. The normalized spacial score (nSPS) is 13.8. The number of hydrogen-bond donors (Lipinski definition) is 3. The van der Waals surface area contributed by atoms with Crippen LogP contribution >= 0.6 is 0 Å². The summed E-state index contributed by atoms with van der Waals surface area (Å²) in [6.45, 7) is 8.91. The van der Waals surface area contributed by atoms with Crippen LogP contribution in [0.5, 0.6) is 0 Å². The molecule has 3 N–H and O–H groups in total. The molecule has 3 aromatic carbocycles. The molecule has 9 heteroatoms. The van der Waals surface area contributed by atoms with E-state index in [9.17, 15) is 9.90 Å². The average molecular weight is 539 g/mol. The summed E-state index contributed by atoms with van der Waals surface area (Å²) in [5.41, 5.74) is 5.92. The summed E-state index contributed by atoms with van der Waals surface area (Å²) in [5, 5.41) is 17.2. The van der Waals surface area contributed by atoms with Gasteiger partial charge >= 0.3 is 0 Å². The number of aromatic nitrogens is 2. The van der Waals surface area contributed by atoms with E-state index in [2.05, 4.69) is 38.1 Å². The highest BCUT2D eigenvalue weighted by atomic mass is 16.5. The molecule has 206 valence electrons. The zero-order chi connectivity index (χ0) is 27.9. The fraction of sp³-hybridized carbons (Fsp3) is 0.258. The molecule has 9 nitrogen and oxygen atoms in total. The molecule has 1 aliphatic rings. The first-order valence-electron chi connectivity index (χ1n) is 13.3. The van der Waals surface area contributed by atoms with Crippen molar-refractivity contribution in [2.45, 2.75) is 6.61 Å². The van der Waals surface area contributed by atoms with Crippen LogP contribution in [0.2, 0.25) is 0 Å². The number of benzene rings is 3. The summed E-state index contributed by atoms with van der Waals surface area (Å²) >= 11 is 0. The summed E-state index contributed by atoms with van der Waals surface area (Å²) in [5.74, 6) is 0.171. The van der Waals surface area contributed by atoms with Crippen molar-refractivity contribution < 1.29 is 14.6 Å². The smallest absolute Gasteiger partial charge is 0.247 e. The Kier molecular flexibility index (Phi) is 8.65. The molecule has 1 saturated heterocycles. The average Bonchev–Trinajstić information content (AvgIpc) is 3.00. The minimum Gasteiger partial charge on any atom is -0.392 e. The Morgan fingerprint density at radius 2 is 1.93 bits per heavy atom. The van der Waals surface area contributed by atoms with Crippen LogP contribution in [0.15, 0.2) is 79.5 Å². The van der Waals surface area contributed by atoms with Gasteiger partial charge in [0.15, 0.2) is 0 Å². The van der Waals surface area contributed by atoms with Crippen molar-refractivity contribution in [3.63, 3.8) is 0 Å². The lowest BCUT2D eigenvalue weighted by molar-refractivity contribution is -0.111. The van der Waals surface area contributed by atoms with E-state index >= 15 is 0 Å². The Labute approximate surface area is 234 Å². The van der Waals surface area contributed by atoms with E-state index in [0.29, 0.717) is 11.6 Å². The lowest BCUT2D eigenvalue weighted by atomic mass is 10.0. The summed E-state index contributed by atoms with van der Waals surface area (Å²) in [7, 11) is 1.73. The van der Waals surface area contributed by atoms with Crippen LogP contribution in [0, 0.1) is 0 Å². The monoisotopic (exact) mass is 538 g/mol. The van der Waals surface area contributed by atoms with Gasteiger partial charge in [0.1, 0.15) is 0 Å². The number of anilines is 4. The van der Waals surface area contributed by atoms with Crippen molar-refractivity contribution in [2.75, 3.05) is 62.0 Å². The van der Waals surface area contributed by atoms with E-state index in [1.165, 1.54) is 6.08 Å². The van der Waals surface area contributed by atoms with E-state index in [0.717, 1.165) is 78.3 Å². The van der Waals surface area contributed by atoms with E-state index < -0.39 is 0 Å². The van der Waals surface area contributed by atoms with Gasteiger partial charge in [-0.2, -0.15) is 0 Å². The first kappa shape index (κ1) is 27.3. The molecule has 4 aromatic rings. The number of carbonyl (C=O) groups excluding carboxylic acids is 1. The number of nitrogens with zero attached hydrogens (tertiary/aromatic N) is 4. The van der Waals surface area contributed by atoms with Crippen LogP contribution in [0.25, 0.3) is 22.0 Å². The lowest BCUT2D eigenvalue weighted by Crippen LogP contribution is -2.47. The molecule has 5 rings (SSSR count). The van der Waals surface area contributed by atoms with Gasteiger partial charge in [0.05, 0.1) is 18.7 Å². The van der Waals surface area contributed by atoms with Crippen LogP contribution in [-0.4, -0.2) is 72.3 Å². The van der Waals surface area contributed by atoms with Crippen molar-refractivity contribution in [1.82, 2.24) is 14.9 Å². The molecule has 40 heavy (non-hydrogen) atoms. The molecular weight excluding hydrogens is 504 g/mol. The Morgan fingerprint density at radius 3 is 2.70 bits per heavy atom. The molecule has 0 aliphatic carbocycles. The first-order chi connectivity index (χ1) is 19.6. The second-order valence-corrected chi connectivity index (χ2v) is 9.66. The third-order valence-electron chi connectivity index (χ3n) is 7.09. The summed E-state index contributed by atoms with van der Waals surface area (Å²) in [4.78, 5) is 25.9. The maximum Gasteiger partial charge on any atom is 0.247 e. The number of nitrogens with one attached hydrogen (secondary N) is 2. The lowest BCUT2D eigenvalue weighted by Gasteiger charge is -2.36. The summed E-state index contributed by atoms with van der Waals surface area (Å²) < 4.78 is 5.21. The molecule has 0 unspecified atom stereocenters. The number of ether oxygens (including phenoxy) is 1. The maximum atomic E-state index is 11.8. The second kappa shape index (κ2) is 12.7. The molecule has 0 bridgehead atoms. The first-order valence-corrected chi connectivity index (χ1v) is 13.3. The van der Waals surface area contributed by atoms with Gasteiger partial charge in [0, 0.05) is 79.6 Å². The molecule has 2 heterocycles. The highest BCUT2D eigenvalue weighted by Crippen LogP contribution is 2.31. The number of rotatable bonds is 10. The largest absolute Gasteiger partial charge is 0.392 e. The van der Waals surface area contributed by atoms with Crippen LogP contribution in [-0.2, 0) is 16.1 Å². The minimum absolute atomic E-state index is 0.105.